The number of hydrogen-bond acceptors (Lipinski definition) is 4. The van der Waals surface area contributed by atoms with E-state index in [1.165, 1.54) is 3.57 Å². The number of carbonyl (C=O) groups excluding carboxylic acids is 2. The molecule has 4 nitrogen and oxygen atoms in total. The number of carbonyl (C=O) groups is 2. The van der Waals surface area contributed by atoms with Gasteiger partial charge in [0.05, 0.1) is 6.61 Å². The molecule has 0 radical (unpaired) electrons. The van der Waals surface area contributed by atoms with Crippen molar-refractivity contribution in [2.45, 2.75) is 71.3 Å². The van der Waals surface area contributed by atoms with E-state index in [1.54, 1.807) is 0 Å². The average molecular weight is 460 g/mol. The molecule has 140 valence electrons. The largest absolute Gasteiger partial charge is 0.466 e. The van der Waals surface area contributed by atoms with Gasteiger partial charge in [0.15, 0.2) is 0 Å². The third kappa shape index (κ3) is 12.0. The van der Waals surface area contributed by atoms with Crippen LogP contribution in [0.1, 0.15) is 70.3 Å². The molecule has 0 heterocycles. The molecular weight excluding hydrogens is 431 g/mol. The smallest absolute Gasteiger partial charge is 0.306 e. The van der Waals surface area contributed by atoms with Gasteiger partial charge in [-0.2, -0.15) is 0 Å². The molecule has 0 bridgehead atoms. The van der Waals surface area contributed by atoms with Gasteiger partial charge in [0, 0.05) is 16.4 Å². The summed E-state index contributed by atoms with van der Waals surface area (Å²) in [4.78, 5) is 23.0. The molecule has 0 fully saturated rings. The second-order valence-corrected chi connectivity index (χ2v) is 7.37. The minimum absolute atomic E-state index is 0.0854. The van der Waals surface area contributed by atoms with Crippen molar-refractivity contribution in [1.29, 1.82) is 0 Å². The topological polar surface area (TPSA) is 52.6 Å². The molecule has 0 atom stereocenters. The lowest BCUT2D eigenvalue weighted by molar-refractivity contribution is -0.145. The van der Waals surface area contributed by atoms with Crippen LogP contribution in [0.3, 0.4) is 0 Å². The van der Waals surface area contributed by atoms with Crippen LogP contribution >= 0.6 is 22.6 Å². The average Bonchev–Trinajstić information content (AvgIpc) is 2.61. The Hall–Kier alpha value is -1.11. The van der Waals surface area contributed by atoms with Gasteiger partial charge in [-0.1, -0.05) is 44.7 Å². The van der Waals surface area contributed by atoms with E-state index in [1.807, 2.05) is 31.2 Å². The van der Waals surface area contributed by atoms with Gasteiger partial charge in [0.1, 0.15) is 6.61 Å². The van der Waals surface area contributed by atoms with Crippen molar-refractivity contribution in [3.63, 3.8) is 0 Å². The third-order valence-electron chi connectivity index (χ3n) is 3.79. The van der Waals surface area contributed by atoms with E-state index >= 15 is 0 Å². The fourth-order valence-corrected chi connectivity index (χ4v) is 2.71. The summed E-state index contributed by atoms with van der Waals surface area (Å²) in [6.07, 6.45) is 7.88. The van der Waals surface area contributed by atoms with Crippen LogP contribution in [0.4, 0.5) is 0 Å². The molecule has 1 aromatic rings. The molecule has 0 aliphatic carbocycles. The molecule has 25 heavy (non-hydrogen) atoms. The highest BCUT2D eigenvalue weighted by Crippen LogP contribution is 2.11. The van der Waals surface area contributed by atoms with E-state index in [0.717, 1.165) is 50.5 Å². The highest BCUT2D eigenvalue weighted by atomic mass is 127. The molecule has 0 amide bonds. The van der Waals surface area contributed by atoms with E-state index < -0.39 is 0 Å². The predicted molar refractivity (Wildman–Crippen MR) is 107 cm³/mol. The standard InChI is InChI=1S/C20H29IO4/c1-2-15-24-19(22)9-7-5-3-4-6-8-10-20(23)25-16-17-11-13-18(21)14-12-17/h11-14H,2-10,15-16H2,1H3. The van der Waals surface area contributed by atoms with Gasteiger partial charge in [0.25, 0.3) is 0 Å². The van der Waals surface area contributed by atoms with Crippen LogP contribution in [-0.2, 0) is 25.7 Å². The maximum Gasteiger partial charge on any atom is 0.306 e. The first-order valence-electron chi connectivity index (χ1n) is 9.17. The number of halogens is 1. The van der Waals surface area contributed by atoms with Crippen LogP contribution in [0.15, 0.2) is 24.3 Å². The van der Waals surface area contributed by atoms with Gasteiger partial charge in [-0.05, 0) is 59.5 Å². The summed E-state index contributed by atoms with van der Waals surface area (Å²) in [7, 11) is 0. The lowest BCUT2D eigenvalue weighted by atomic mass is 10.1. The van der Waals surface area contributed by atoms with Crippen LogP contribution < -0.4 is 0 Å². The molecule has 0 spiro atoms. The van der Waals surface area contributed by atoms with Gasteiger partial charge in [-0.3, -0.25) is 9.59 Å². The molecule has 0 N–H and O–H groups in total. The zero-order valence-corrected chi connectivity index (χ0v) is 17.3. The van der Waals surface area contributed by atoms with E-state index in [4.69, 9.17) is 9.47 Å². The molecular formula is C20H29IO4. The number of esters is 2. The molecule has 1 rings (SSSR count). The van der Waals surface area contributed by atoms with Gasteiger partial charge >= 0.3 is 11.9 Å². The molecule has 0 saturated carbocycles. The molecule has 0 aliphatic rings. The fourth-order valence-electron chi connectivity index (χ4n) is 2.35. The summed E-state index contributed by atoms with van der Waals surface area (Å²) in [5.41, 5.74) is 1.02. The Bertz CT molecular complexity index is 499. The van der Waals surface area contributed by atoms with E-state index in [0.29, 0.717) is 26.1 Å². The van der Waals surface area contributed by atoms with Crippen LogP contribution in [0.25, 0.3) is 0 Å². The minimum atomic E-state index is -0.128. The Morgan fingerprint density at radius 2 is 1.36 bits per heavy atom. The van der Waals surface area contributed by atoms with E-state index in [-0.39, 0.29) is 11.9 Å². The van der Waals surface area contributed by atoms with Crippen molar-refractivity contribution >= 4 is 34.5 Å². The quantitative estimate of drug-likeness (QED) is 0.225. The van der Waals surface area contributed by atoms with Crippen LogP contribution in [-0.4, -0.2) is 18.5 Å². The van der Waals surface area contributed by atoms with Crippen molar-refractivity contribution in [1.82, 2.24) is 0 Å². The number of unbranched alkanes of at least 4 members (excludes halogenated alkanes) is 5. The van der Waals surface area contributed by atoms with Crippen molar-refractivity contribution in [2.75, 3.05) is 6.61 Å². The van der Waals surface area contributed by atoms with Crippen molar-refractivity contribution in [3.05, 3.63) is 33.4 Å². The first-order valence-corrected chi connectivity index (χ1v) is 10.3. The third-order valence-corrected chi connectivity index (χ3v) is 4.51. The van der Waals surface area contributed by atoms with Crippen LogP contribution in [0, 0.1) is 3.57 Å². The Labute approximate surface area is 164 Å². The maximum atomic E-state index is 11.7. The summed E-state index contributed by atoms with van der Waals surface area (Å²) < 4.78 is 11.5. The summed E-state index contributed by atoms with van der Waals surface area (Å²) >= 11 is 2.25. The first kappa shape index (κ1) is 21.9. The van der Waals surface area contributed by atoms with Gasteiger partial charge in [-0.25, -0.2) is 0 Å². The molecule has 0 unspecified atom stereocenters. The lowest BCUT2D eigenvalue weighted by Gasteiger charge is -2.05. The van der Waals surface area contributed by atoms with Crippen LogP contribution in [0.2, 0.25) is 0 Å². The molecule has 0 saturated heterocycles. The SMILES string of the molecule is CCCOC(=O)CCCCCCCCC(=O)OCc1ccc(I)cc1. The van der Waals surface area contributed by atoms with Crippen LogP contribution in [0.5, 0.6) is 0 Å². The van der Waals surface area contributed by atoms with Gasteiger partial charge in [0.2, 0.25) is 0 Å². The molecule has 5 heteroatoms. The highest BCUT2D eigenvalue weighted by molar-refractivity contribution is 14.1. The Balaban J connectivity index is 1.92. The molecule has 1 aromatic carbocycles. The lowest BCUT2D eigenvalue weighted by Crippen LogP contribution is -2.05. The number of benzene rings is 1. The monoisotopic (exact) mass is 460 g/mol. The van der Waals surface area contributed by atoms with Crippen molar-refractivity contribution in [3.8, 4) is 0 Å². The summed E-state index contributed by atoms with van der Waals surface area (Å²) in [5, 5.41) is 0. The normalized spacial score (nSPS) is 10.5. The predicted octanol–water partition coefficient (Wildman–Crippen LogP) is 5.41. The van der Waals surface area contributed by atoms with E-state index in [2.05, 4.69) is 22.6 Å². The van der Waals surface area contributed by atoms with Crippen molar-refractivity contribution < 1.29 is 19.1 Å². The number of ether oxygens (including phenoxy) is 2. The summed E-state index contributed by atoms with van der Waals surface area (Å²) in [5.74, 6) is -0.213. The zero-order chi connectivity index (χ0) is 18.3. The number of rotatable bonds is 13. The Kier molecular flexibility index (Phi) is 12.4. The zero-order valence-electron chi connectivity index (χ0n) is 15.1. The fraction of sp³-hybridized carbons (Fsp3) is 0.600. The minimum Gasteiger partial charge on any atom is -0.466 e. The maximum absolute atomic E-state index is 11.7. The summed E-state index contributed by atoms with van der Waals surface area (Å²) in [6.45, 7) is 2.87. The number of hydrogen-bond donors (Lipinski definition) is 0. The molecule has 0 aromatic heterocycles. The van der Waals surface area contributed by atoms with Gasteiger partial charge < -0.3 is 9.47 Å². The molecule has 0 aliphatic heterocycles. The Morgan fingerprint density at radius 3 is 1.92 bits per heavy atom. The highest BCUT2D eigenvalue weighted by Gasteiger charge is 2.04. The first-order chi connectivity index (χ1) is 12.1. The van der Waals surface area contributed by atoms with Gasteiger partial charge in [-0.15, -0.1) is 0 Å². The van der Waals surface area contributed by atoms with Crippen molar-refractivity contribution in [2.24, 2.45) is 0 Å². The Morgan fingerprint density at radius 1 is 0.840 bits per heavy atom. The second-order valence-electron chi connectivity index (χ2n) is 6.13. The van der Waals surface area contributed by atoms with E-state index in [9.17, 15) is 9.59 Å². The second kappa shape index (κ2) is 14.1. The summed E-state index contributed by atoms with van der Waals surface area (Å²) in [6, 6.07) is 7.97.